The monoisotopic (exact) mass is 249 g/mol. The van der Waals surface area contributed by atoms with Gasteiger partial charge in [-0.25, -0.2) is 4.98 Å². The van der Waals surface area contributed by atoms with Gasteiger partial charge in [-0.2, -0.15) is 0 Å². The maximum absolute atomic E-state index is 6.01. The number of aryl methyl sites for hydroxylation is 1. The molecule has 0 bridgehead atoms. The zero-order valence-electron chi connectivity index (χ0n) is 11.9. The molecule has 0 N–H and O–H groups in total. The zero-order chi connectivity index (χ0) is 13.6. The maximum atomic E-state index is 6.01. The minimum absolute atomic E-state index is 0.355. The predicted octanol–water partition coefficient (Wildman–Crippen LogP) is 1.70. The van der Waals surface area contributed by atoms with E-state index in [-0.39, 0.29) is 11.2 Å². The molecule has 0 radical (unpaired) electrons. The van der Waals surface area contributed by atoms with E-state index in [1.807, 2.05) is 40.7 Å². The second-order valence-corrected chi connectivity index (χ2v) is 5.70. The Morgan fingerprint density at radius 1 is 1.17 bits per heavy atom. The lowest BCUT2D eigenvalue weighted by Gasteiger charge is -2.32. The summed E-state index contributed by atoms with van der Waals surface area (Å²) in [7, 11) is 1.17. The Balaban J connectivity index is 2.37. The number of methoxy groups -OCH3 is 1. The van der Waals surface area contributed by atoms with Gasteiger partial charge in [-0.3, -0.25) is 0 Å². The van der Waals surface area contributed by atoms with Crippen molar-refractivity contribution in [1.29, 1.82) is 0 Å². The first-order valence-electron chi connectivity index (χ1n) is 6.13. The molecule has 0 atom stereocenters. The summed E-state index contributed by atoms with van der Waals surface area (Å²) in [5, 5.41) is 0. The summed E-state index contributed by atoms with van der Waals surface area (Å²) in [6, 6.07) is 1.99. The van der Waals surface area contributed by atoms with Crippen molar-refractivity contribution in [3.8, 4) is 5.88 Å². The quantitative estimate of drug-likeness (QED) is 0.748. The number of rotatable bonds is 2. The molecule has 4 nitrogen and oxygen atoms in total. The molecule has 5 heteroatoms. The van der Waals surface area contributed by atoms with Crippen LogP contribution in [0.25, 0.3) is 0 Å². The van der Waals surface area contributed by atoms with Gasteiger partial charge in [-0.05, 0) is 40.2 Å². The van der Waals surface area contributed by atoms with E-state index in [1.165, 1.54) is 0 Å². The molecule has 0 saturated carbocycles. The second kappa shape index (κ2) is 4.25. The normalized spacial score (nSPS) is 21.1. The molecule has 1 aromatic rings. The van der Waals surface area contributed by atoms with E-state index in [0.717, 1.165) is 11.0 Å². The summed E-state index contributed by atoms with van der Waals surface area (Å²) in [5.74, 6) is 0.555. The lowest BCUT2D eigenvalue weighted by molar-refractivity contribution is 0.00578. The van der Waals surface area contributed by atoms with Crippen LogP contribution in [0.2, 0.25) is 0 Å². The van der Waals surface area contributed by atoms with Crippen molar-refractivity contribution in [3.05, 3.63) is 17.8 Å². The van der Waals surface area contributed by atoms with Crippen molar-refractivity contribution in [3.63, 3.8) is 0 Å². The first-order valence-corrected chi connectivity index (χ1v) is 6.13. The molecule has 1 fully saturated rings. The molecule has 0 aliphatic carbocycles. The van der Waals surface area contributed by atoms with Crippen LogP contribution in [0.3, 0.4) is 0 Å². The molecule has 0 aromatic carbocycles. The molecule has 18 heavy (non-hydrogen) atoms. The Bertz CT molecular complexity index is 444. The van der Waals surface area contributed by atoms with Gasteiger partial charge in [-0.1, -0.05) is 6.07 Å². The van der Waals surface area contributed by atoms with Crippen LogP contribution in [0, 0.1) is 6.92 Å². The molecule has 0 amide bonds. The van der Waals surface area contributed by atoms with Crippen molar-refractivity contribution < 1.29 is 14.0 Å². The number of pyridine rings is 1. The van der Waals surface area contributed by atoms with Crippen LogP contribution in [-0.2, 0) is 9.31 Å². The minimum atomic E-state index is -0.433. The van der Waals surface area contributed by atoms with Crippen molar-refractivity contribution in [2.24, 2.45) is 0 Å². The average molecular weight is 249 g/mol. The second-order valence-electron chi connectivity index (χ2n) is 5.70. The van der Waals surface area contributed by atoms with Crippen molar-refractivity contribution in [1.82, 2.24) is 4.98 Å². The highest BCUT2D eigenvalue weighted by Gasteiger charge is 2.52. The Labute approximate surface area is 109 Å². The van der Waals surface area contributed by atoms with Gasteiger partial charge in [0.25, 0.3) is 0 Å². The first-order chi connectivity index (χ1) is 8.27. The molecule has 1 saturated heterocycles. The third-order valence-electron chi connectivity index (χ3n) is 3.72. The van der Waals surface area contributed by atoms with E-state index in [1.54, 1.807) is 13.3 Å². The molecule has 0 spiro atoms. The van der Waals surface area contributed by atoms with E-state index in [4.69, 9.17) is 14.0 Å². The minimum Gasteiger partial charge on any atom is -0.481 e. The number of hydrogen-bond donors (Lipinski definition) is 0. The predicted molar refractivity (Wildman–Crippen MR) is 71.2 cm³/mol. The lowest BCUT2D eigenvalue weighted by atomic mass is 9.79. The third kappa shape index (κ3) is 2.13. The van der Waals surface area contributed by atoms with Gasteiger partial charge in [0.1, 0.15) is 0 Å². The molecule has 98 valence electrons. The topological polar surface area (TPSA) is 40.6 Å². The van der Waals surface area contributed by atoms with Crippen LogP contribution >= 0.6 is 0 Å². The third-order valence-corrected chi connectivity index (χ3v) is 3.72. The Morgan fingerprint density at radius 2 is 1.72 bits per heavy atom. The highest BCUT2D eigenvalue weighted by atomic mass is 16.7. The number of nitrogens with zero attached hydrogens (tertiary/aromatic N) is 1. The number of aromatic nitrogens is 1. The van der Waals surface area contributed by atoms with E-state index in [9.17, 15) is 0 Å². The highest BCUT2D eigenvalue weighted by molar-refractivity contribution is 6.63. The fraction of sp³-hybridized carbons (Fsp3) is 0.615. The van der Waals surface area contributed by atoms with Gasteiger partial charge in [0.05, 0.1) is 18.3 Å². The van der Waals surface area contributed by atoms with Crippen molar-refractivity contribution in [2.45, 2.75) is 45.8 Å². The van der Waals surface area contributed by atoms with Crippen LogP contribution < -0.4 is 10.2 Å². The van der Waals surface area contributed by atoms with Gasteiger partial charge < -0.3 is 14.0 Å². The van der Waals surface area contributed by atoms with E-state index < -0.39 is 7.12 Å². The van der Waals surface area contributed by atoms with E-state index in [2.05, 4.69) is 4.98 Å². The fourth-order valence-electron chi connectivity index (χ4n) is 1.89. The smallest absolute Gasteiger partial charge is 0.481 e. The molecular weight excluding hydrogens is 229 g/mol. The molecule has 2 heterocycles. The summed E-state index contributed by atoms with van der Waals surface area (Å²) in [6.07, 6.45) is 1.77. The first kappa shape index (κ1) is 13.4. The summed E-state index contributed by atoms with van der Waals surface area (Å²) in [5.41, 5.74) is 1.19. The zero-order valence-corrected chi connectivity index (χ0v) is 11.9. The van der Waals surface area contributed by atoms with Gasteiger partial charge in [-0.15, -0.1) is 0 Å². The van der Waals surface area contributed by atoms with Gasteiger partial charge in [0.15, 0.2) is 0 Å². The Hall–Kier alpha value is -1.07. The average Bonchev–Trinajstić information content (AvgIpc) is 2.48. The van der Waals surface area contributed by atoms with Crippen LogP contribution in [-0.4, -0.2) is 30.4 Å². The number of hydrogen-bond acceptors (Lipinski definition) is 4. The molecule has 2 rings (SSSR count). The van der Waals surface area contributed by atoms with Crippen LogP contribution in [0.15, 0.2) is 12.3 Å². The summed E-state index contributed by atoms with van der Waals surface area (Å²) < 4.78 is 17.3. The van der Waals surface area contributed by atoms with Gasteiger partial charge in [0.2, 0.25) is 5.88 Å². The Kier molecular flexibility index (Phi) is 3.15. The fourth-order valence-corrected chi connectivity index (χ4v) is 1.89. The van der Waals surface area contributed by atoms with Crippen molar-refractivity contribution in [2.75, 3.05) is 7.11 Å². The Morgan fingerprint density at radius 3 is 2.22 bits per heavy atom. The summed E-state index contributed by atoms with van der Waals surface area (Å²) in [6.45, 7) is 10.1. The van der Waals surface area contributed by atoms with Crippen molar-refractivity contribution >= 4 is 12.6 Å². The summed E-state index contributed by atoms with van der Waals surface area (Å²) in [4.78, 5) is 4.25. The highest BCUT2D eigenvalue weighted by Crippen LogP contribution is 2.37. The molecule has 1 aliphatic heterocycles. The lowest BCUT2D eigenvalue weighted by Crippen LogP contribution is -2.41. The molecule has 1 aliphatic rings. The van der Waals surface area contributed by atoms with Gasteiger partial charge >= 0.3 is 7.12 Å². The van der Waals surface area contributed by atoms with Gasteiger partial charge in [0, 0.05) is 11.7 Å². The maximum Gasteiger partial charge on any atom is 0.500 e. The standard InChI is InChI=1S/C13H20BNO3/c1-9-7-10(11(16-6)15-8-9)14-17-12(2,3)13(4,5)18-14/h7-8H,1-6H3. The van der Waals surface area contributed by atoms with Crippen LogP contribution in [0.5, 0.6) is 5.88 Å². The van der Waals surface area contributed by atoms with E-state index in [0.29, 0.717) is 5.88 Å². The number of ether oxygens (including phenoxy) is 1. The van der Waals surface area contributed by atoms with Crippen LogP contribution in [0.1, 0.15) is 33.3 Å². The molecule has 0 unspecified atom stereocenters. The molecule has 1 aromatic heterocycles. The SMILES string of the molecule is COc1ncc(C)cc1B1OC(C)(C)C(C)(C)O1. The van der Waals surface area contributed by atoms with E-state index >= 15 is 0 Å². The molecular formula is C13H20BNO3. The van der Waals surface area contributed by atoms with Crippen LogP contribution in [0.4, 0.5) is 0 Å². The summed E-state index contributed by atoms with van der Waals surface area (Å²) >= 11 is 0. The largest absolute Gasteiger partial charge is 0.500 e.